The molecule has 0 heterocycles. The van der Waals surface area contributed by atoms with Gasteiger partial charge in [-0.05, 0) is 46.5 Å². The molecule has 1 aliphatic rings. The Morgan fingerprint density at radius 2 is 1.86 bits per heavy atom. The first-order chi connectivity index (χ1) is 13.6. The summed E-state index contributed by atoms with van der Waals surface area (Å²) < 4.78 is 14.6. The number of halogens is 1. The molecule has 0 aliphatic heterocycles. The first kappa shape index (κ1) is 17.9. The van der Waals surface area contributed by atoms with Gasteiger partial charge in [0.2, 0.25) is 0 Å². The normalized spacial score (nSPS) is 17.6. The number of nitrogens with one attached hydrogen (secondary N) is 1. The van der Waals surface area contributed by atoms with Gasteiger partial charge in [-0.25, -0.2) is 4.39 Å². The fourth-order valence-corrected chi connectivity index (χ4v) is 3.59. The van der Waals surface area contributed by atoms with Crippen LogP contribution in [0.4, 0.5) is 4.39 Å². The van der Waals surface area contributed by atoms with Crippen LogP contribution in [0.25, 0.3) is 11.1 Å². The van der Waals surface area contributed by atoms with Crippen LogP contribution in [0.2, 0.25) is 0 Å². The molecule has 0 saturated heterocycles. The van der Waals surface area contributed by atoms with E-state index in [0.29, 0.717) is 23.1 Å². The summed E-state index contributed by atoms with van der Waals surface area (Å²) in [5, 5.41) is 22.1. The Balaban J connectivity index is 1.59. The van der Waals surface area contributed by atoms with E-state index in [1.165, 1.54) is 12.1 Å². The first-order valence-corrected chi connectivity index (χ1v) is 8.93. The second kappa shape index (κ2) is 7.26. The summed E-state index contributed by atoms with van der Waals surface area (Å²) in [4.78, 5) is 12.7. The molecule has 0 bridgehead atoms. The molecule has 3 aromatic carbocycles. The van der Waals surface area contributed by atoms with Crippen molar-refractivity contribution in [3.05, 3.63) is 94.8 Å². The first-order valence-electron chi connectivity index (χ1n) is 8.93. The molecule has 4 nitrogen and oxygen atoms in total. The number of benzene rings is 3. The number of amides is 1. The van der Waals surface area contributed by atoms with E-state index in [4.69, 9.17) is 5.26 Å². The van der Waals surface area contributed by atoms with Crippen LogP contribution in [0.15, 0.2) is 66.7 Å². The Morgan fingerprint density at radius 1 is 1.07 bits per heavy atom. The van der Waals surface area contributed by atoms with E-state index in [1.807, 2.05) is 30.3 Å². The van der Waals surface area contributed by atoms with Crippen LogP contribution in [0.5, 0.6) is 0 Å². The van der Waals surface area contributed by atoms with Crippen LogP contribution < -0.4 is 5.32 Å². The van der Waals surface area contributed by atoms with Gasteiger partial charge in [0.1, 0.15) is 5.82 Å². The second-order valence-electron chi connectivity index (χ2n) is 6.81. The van der Waals surface area contributed by atoms with Gasteiger partial charge in [-0.1, -0.05) is 42.5 Å². The topological polar surface area (TPSA) is 73.1 Å². The fraction of sp³-hybridized carbons (Fsp3) is 0.130. The summed E-state index contributed by atoms with van der Waals surface area (Å²) >= 11 is 0. The molecule has 28 heavy (non-hydrogen) atoms. The molecular weight excluding hydrogens is 355 g/mol. The third-order valence-corrected chi connectivity index (χ3v) is 5.03. The number of nitriles is 1. The van der Waals surface area contributed by atoms with E-state index in [1.54, 1.807) is 24.3 Å². The van der Waals surface area contributed by atoms with Crippen LogP contribution in [-0.4, -0.2) is 17.1 Å². The summed E-state index contributed by atoms with van der Waals surface area (Å²) in [7, 11) is 0. The van der Waals surface area contributed by atoms with Gasteiger partial charge in [0.05, 0.1) is 29.3 Å². The highest BCUT2D eigenvalue weighted by molar-refractivity contribution is 5.95. The van der Waals surface area contributed by atoms with Crippen molar-refractivity contribution in [1.82, 2.24) is 5.32 Å². The zero-order valence-corrected chi connectivity index (χ0v) is 14.9. The molecule has 0 fully saturated rings. The number of rotatable bonds is 3. The van der Waals surface area contributed by atoms with Crippen LogP contribution in [0.3, 0.4) is 0 Å². The van der Waals surface area contributed by atoms with Gasteiger partial charge in [0.25, 0.3) is 5.91 Å². The molecule has 0 aromatic heterocycles. The predicted octanol–water partition coefficient (Wildman–Crippen LogP) is 3.75. The smallest absolute Gasteiger partial charge is 0.254 e. The largest absolute Gasteiger partial charge is 0.390 e. The van der Waals surface area contributed by atoms with Crippen molar-refractivity contribution in [2.75, 3.05) is 0 Å². The van der Waals surface area contributed by atoms with Gasteiger partial charge in [0, 0.05) is 6.42 Å². The summed E-state index contributed by atoms with van der Waals surface area (Å²) in [5.41, 5.74) is 3.47. The number of aliphatic hydroxyl groups is 1. The van der Waals surface area contributed by atoms with Gasteiger partial charge in [-0.3, -0.25) is 4.79 Å². The molecule has 2 atom stereocenters. The molecule has 138 valence electrons. The lowest BCUT2D eigenvalue weighted by molar-refractivity contribution is 0.0854. The summed E-state index contributed by atoms with van der Waals surface area (Å²) in [5.74, 6) is -1.23. The molecule has 4 rings (SSSR count). The van der Waals surface area contributed by atoms with Crippen LogP contribution >= 0.6 is 0 Å². The van der Waals surface area contributed by atoms with E-state index in [2.05, 4.69) is 11.4 Å². The number of aliphatic hydroxyl groups excluding tert-OH is 1. The standard InChI is InChI=1S/C23H17FN2O2/c24-20-11-16(15-4-2-1-3-5-15)8-9-18(20)23(28)26-22-19-10-14(13-25)6-7-17(19)12-21(22)27/h1-11,21-22,27H,12H2,(H,26,28)/t21-,22-/m1/s1. The number of hydrogen-bond donors (Lipinski definition) is 2. The minimum Gasteiger partial charge on any atom is -0.390 e. The molecule has 0 radical (unpaired) electrons. The molecule has 3 aromatic rings. The Hall–Kier alpha value is -3.49. The maximum absolute atomic E-state index is 14.6. The molecule has 5 heteroatoms. The lowest BCUT2D eigenvalue weighted by Crippen LogP contribution is -2.34. The average Bonchev–Trinajstić information content (AvgIpc) is 3.02. The van der Waals surface area contributed by atoms with Crippen molar-refractivity contribution >= 4 is 5.91 Å². The summed E-state index contributed by atoms with van der Waals surface area (Å²) in [6.45, 7) is 0. The average molecular weight is 372 g/mol. The zero-order valence-electron chi connectivity index (χ0n) is 14.9. The van der Waals surface area contributed by atoms with E-state index >= 15 is 0 Å². The number of carbonyl (C=O) groups excluding carboxylic acids is 1. The van der Waals surface area contributed by atoms with Crippen LogP contribution in [0, 0.1) is 17.1 Å². The van der Waals surface area contributed by atoms with Gasteiger partial charge in [-0.15, -0.1) is 0 Å². The zero-order chi connectivity index (χ0) is 19.7. The lowest BCUT2D eigenvalue weighted by Gasteiger charge is -2.18. The molecule has 0 saturated carbocycles. The van der Waals surface area contributed by atoms with Crippen molar-refractivity contribution in [2.45, 2.75) is 18.6 Å². The Kier molecular flexibility index (Phi) is 4.64. The van der Waals surface area contributed by atoms with Crippen LogP contribution in [-0.2, 0) is 6.42 Å². The molecule has 1 aliphatic carbocycles. The highest BCUT2D eigenvalue weighted by Gasteiger charge is 2.33. The Labute approximate surface area is 161 Å². The van der Waals surface area contributed by atoms with Gasteiger partial charge in [-0.2, -0.15) is 5.26 Å². The maximum Gasteiger partial charge on any atom is 0.254 e. The summed E-state index contributed by atoms with van der Waals surface area (Å²) in [6, 6.07) is 20.3. The highest BCUT2D eigenvalue weighted by atomic mass is 19.1. The lowest BCUT2D eigenvalue weighted by atomic mass is 10.0. The van der Waals surface area contributed by atoms with Crippen molar-refractivity contribution < 1.29 is 14.3 Å². The van der Waals surface area contributed by atoms with Crippen molar-refractivity contribution in [2.24, 2.45) is 0 Å². The number of carbonyl (C=O) groups is 1. The third kappa shape index (κ3) is 3.26. The third-order valence-electron chi connectivity index (χ3n) is 5.03. The Bertz CT molecular complexity index is 1090. The molecule has 1 amide bonds. The van der Waals surface area contributed by atoms with Crippen molar-refractivity contribution in [3.8, 4) is 17.2 Å². The van der Waals surface area contributed by atoms with Gasteiger partial charge in [0.15, 0.2) is 0 Å². The second-order valence-corrected chi connectivity index (χ2v) is 6.81. The molecule has 0 unspecified atom stereocenters. The van der Waals surface area contributed by atoms with Crippen molar-refractivity contribution in [3.63, 3.8) is 0 Å². The minimum atomic E-state index is -0.820. The number of fused-ring (bicyclic) bond motifs is 1. The van der Waals surface area contributed by atoms with E-state index in [0.717, 1.165) is 11.1 Å². The van der Waals surface area contributed by atoms with Gasteiger partial charge >= 0.3 is 0 Å². The van der Waals surface area contributed by atoms with Crippen LogP contribution in [0.1, 0.15) is 33.1 Å². The highest BCUT2D eigenvalue weighted by Crippen LogP contribution is 2.32. The fourth-order valence-electron chi connectivity index (χ4n) is 3.59. The summed E-state index contributed by atoms with van der Waals surface area (Å²) in [6.07, 6.45) is -0.443. The molecule has 0 spiro atoms. The quantitative estimate of drug-likeness (QED) is 0.735. The SMILES string of the molecule is N#Cc1ccc2c(c1)[C@@H](NC(=O)c1ccc(-c3ccccc3)cc1F)[C@H](O)C2. The number of nitrogens with zero attached hydrogens (tertiary/aromatic N) is 1. The predicted molar refractivity (Wildman–Crippen MR) is 103 cm³/mol. The van der Waals surface area contributed by atoms with E-state index < -0.39 is 23.9 Å². The molecule has 2 N–H and O–H groups in total. The number of hydrogen-bond acceptors (Lipinski definition) is 3. The van der Waals surface area contributed by atoms with E-state index in [9.17, 15) is 14.3 Å². The monoisotopic (exact) mass is 372 g/mol. The van der Waals surface area contributed by atoms with E-state index in [-0.39, 0.29) is 5.56 Å². The maximum atomic E-state index is 14.6. The molecular formula is C23H17FN2O2. The van der Waals surface area contributed by atoms with Crippen molar-refractivity contribution in [1.29, 1.82) is 5.26 Å². The Morgan fingerprint density at radius 3 is 2.57 bits per heavy atom. The minimum absolute atomic E-state index is 0.0863. The van der Waals surface area contributed by atoms with Gasteiger partial charge < -0.3 is 10.4 Å².